The first kappa shape index (κ1) is 34.5. The van der Waals surface area contributed by atoms with Crippen LogP contribution >= 0.6 is 15.2 Å². The van der Waals surface area contributed by atoms with Crippen LogP contribution in [0, 0.1) is 0 Å². The van der Waals surface area contributed by atoms with Crippen LogP contribution in [0.5, 0.6) is 0 Å². The average Bonchev–Trinajstić information content (AvgIpc) is 2.77. The van der Waals surface area contributed by atoms with Gasteiger partial charge in [-0.25, -0.2) is 0 Å². The first-order valence-corrected chi connectivity index (χ1v) is 15.9. The molecule has 204 valence electrons. The molecule has 0 saturated carbocycles. The molecule has 0 aromatic rings. The quantitative estimate of drug-likeness (QED) is 0.128. The molecule has 0 aliphatic heterocycles. The zero-order valence-electron chi connectivity index (χ0n) is 23.4. The maximum atomic E-state index is 12.6. The number of allylic oxidation sites excluding steroid dienone is 14. The van der Waals surface area contributed by atoms with Crippen LogP contribution in [-0.2, 0) is 27.2 Å². The molecule has 0 unspecified atom stereocenters. The fraction of sp³-hybridized carbons (Fsp3) is 0.500. The molecule has 8 heteroatoms. The Morgan fingerprint density at radius 1 is 0.528 bits per heavy atom. The average molecular weight is 541 g/mol. The van der Waals surface area contributed by atoms with Gasteiger partial charge in [-0.15, -0.1) is 0 Å². The van der Waals surface area contributed by atoms with Crippen molar-refractivity contribution in [3.05, 3.63) is 83.1 Å². The Hall–Kier alpha value is -1.52. The van der Waals surface area contributed by atoms with Crippen molar-refractivity contribution in [2.75, 3.05) is 38.8 Å². The van der Waals surface area contributed by atoms with Gasteiger partial charge < -0.3 is 18.1 Å². The molecule has 0 atom stereocenters. The fourth-order valence-electron chi connectivity index (χ4n) is 3.01. The summed E-state index contributed by atoms with van der Waals surface area (Å²) < 4.78 is 46.5. The summed E-state index contributed by atoms with van der Waals surface area (Å²) in [4.78, 5) is 0. The Labute approximate surface area is 219 Å². The monoisotopic (exact) mass is 540 g/mol. The van der Waals surface area contributed by atoms with E-state index in [2.05, 4.69) is 0 Å². The summed E-state index contributed by atoms with van der Waals surface area (Å²) in [7, 11) is -6.13. The van der Waals surface area contributed by atoms with E-state index in [-0.39, 0.29) is 12.3 Å². The van der Waals surface area contributed by atoms with Gasteiger partial charge in [-0.1, -0.05) is 83.1 Å². The van der Waals surface area contributed by atoms with Crippen molar-refractivity contribution in [1.29, 1.82) is 0 Å². The van der Waals surface area contributed by atoms with E-state index in [4.69, 9.17) is 18.1 Å². The first-order valence-electron chi connectivity index (χ1n) is 12.5. The Morgan fingerprint density at radius 3 is 1.11 bits per heavy atom. The summed E-state index contributed by atoms with van der Waals surface area (Å²) in [5.41, 5.74) is 4.05. The molecule has 36 heavy (non-hydrogen) atoms. The lowest BCUT2D eigenvalue weighted by Crippen LogP contribution is -2.01. The predicted molar refractivity (Wildman–Crippen MR) is 154 cm³/mol. The van der Waals surface area contributed by atoms with E-state index < -0.39 is 15.2 Å². The van der Waals surface area contributed by atoms with E-state index in [0.29, 0.717) is 26.4 Å². The summed E-state index contributed by atoms with van der Waals surface area (Å²) in [6.07, 6.45) is 20.3. The molecule has 0 aromatic heterocycles. The Kier molecular flexibility index (Phi) is 18.7. The summed E-state index contributed by atoms with van der Waals surface area (Å²) in [6.45, 7) is 16.6. The molecule has 6 nitrogen and oxygen atoms in total. The zero-order valence-corrected chi connectivity index (χ0v) is 25.1. The van der Waals surface area contributed by atoms with Crippen LogP contribution in [0.1, 0.15) is 55.4 Å². The highest BCUT2D eigenvalue weighted by atomic mass is 31.2. The van der Waals surface area contributed by atoms with Crippen molar-refractivity contribution < 1.29 is 27.2 Å². The van der Waals surface area contributed by atoms with Crippen molar-refractivity contribution >= 4 is 15.2 Å². The van der Waals surface area contributed by atoms with Gasteiger partial charge in [0, 0.05) is 0 Å². The predicted octanol–water partition coefficient (Wildman–Crippen LogP) is 8.97. The summed E-state index contributed by atoms with van der Waals surface area (Å²) in [5.74, 6) is 0. The van der Waals surface area contributed by atoms with Crippen molar-refractivity contribution in [2.45, 2.75) is 55.4 Å². The van der Waals surface area contributed by atoms with Crippen LogP contribution in [0.15, 0.2) is 83.1 Å². The van der Waals surface area contributed by atoms with Crippen LogP contribution in [0.2, 0.25) is 0 Å². The molecule has 0 N–H and O–H groups in total. The molecule has 0 amide bonds. The second kappa shape index (κ2) is 19.6. The van der Waals surface area contributed by atoms with Crippen molar-refractivity contribution in [1.82, 2.24) is 0 Å². The molecular weight excluding hydrogens is 494 g/mol. The highest BCUT2D eigenvalue weighted by Gasteiger charge is 2.24. The van der Waals surface area contributed by atoms with Crippen molar-refractivity contribution in [2.24, 2.45) is 0 Å². The van der Waals surface area contributed by atoms with Crippen molar-refractivity contribution in [3.63, 3.8) is 0 Å². The molecule has 0 heterocycles. The normalized spacial score (nSPS) is 15.2. The molecule has 0 saturated heterocycles. The van der Waals surface area contributed by atoms with E-state index in [9.17, 15) is 9.13 Å². The van der Waals surface area contributed by atoms with E-state index in [1.54, 1.807) is 0 Å². The molecule has 0 radical (unpaired) electrons. The van der Waals surface area contributed by atoms with Crippen LogP contribution in [0.25, 0.3) is 0 Å². The van der Waals surface area contributed by atoms with Crippen LogP contribution in [0.3, 0.4) is 0 Å². The lowest BCUT2D eigenvalue weighted by Gasteiger charge is -2.16. The van der Waals surface area contributed by atoms with Gasteiger partial charge in [-0.2, -0.15) is 0 Å². The molecule has 0 bridgehead atoms. The highest BCUT2D eigenvalue weighted by molar-refractivity contribution is 7.54. The minimum atomic E-state index is -3.07. The lowest BCUT2D eigenvalue weighted by atomic mass is 10.2. The minimum absolute atomic E-state index is 0.284. The van der Waals surface area contributed by atoms with Gasteiger partial charge >= 0.3 is 15.2 Å². The SMILES string of the molecule is CCOP(=O)(CC(C)=CC=CC(C)=CC=CC=C(C)C=CC=C(C)CP(=O)(OCC)OCC)OCC. The maximum absolute atomic E-state index is 12.6. The zero-order chi connectivity index (χ0) is 27.5. The summed E-state index contributed by atoms with van der Waals surface area (Å²) >= 11 is 0. The van der Waals surface area contributed by atoms with E-state index >= 15 is 0 Å². The fourth-order valence-corrected chi connectivity index (χ4v) is 6.53. The molecule has 0 aliphatic rings. The van der Waals surface area contributed by atoms with Crippen LogP contribution in [-0.4, -0.2) is 38.8 Å². The second-order valence-electron chi connectivity index (χ2n) is 8.16. The third-order valence-electron chi connectivity index (χ3n) is 4.50. The van der Waals surface area contributed by atoms with Crippen molar-refractivity contribution in [3.8, 4) is 0 Å². The van der Waals surface area contributed by atoms with Gasteiger partial charge in [0.2, 0.25) is 0 Å². The Morgan fingerprint density at radius 2 is 0.833 bits per heavy atom. The van der Waals surface area contributed by atoms with Gasteiger partial charge in [0.05, 0.1) is 38.8 Å². The number of rotatable bonds is 18. The van der Waals surface area contributed by atoms with Gasteiger partial charge in [0.15, 0.2) is 0 Å². The molecule has 0 fully saturated rings. The smallest absolute Gasteiger partial charge is 0.309 e. The summed E-state index contributed by atoms with van der Waals surface area (Å²) in [6, 6.07) is 0. The van der Waals surface area contributed by atoms with Gasteiger partial charge in [-0.3, -0.25) is 9.13 Å². The van der Waals surface area contributed by atoms with Gasteiger partial charge in [0.1, 0.15) is 0 Å². The highest BCUT2D eigenvalue weighted by Crippen LogP contribution is 2.50. The van der Waals surface area contributed by atoms with E-state index in [0.717, 1.165) is 22.3 Å². The Balaban J connectivity index is 4.90. The van der Waals surface area contributed by atoms with Gasteiger partial charge in [0.25, 0.3) is 0 Å². The summed E-state index contributed by atoms with van der Waals surface area (Å²) in [5, 5.41) is 0. The molecule has 0 spiro atoms. The third-order valence-corrected chi connectivity index (χ3v) is 8.88. The van der Waals surface area contributed by atoms with E-state index in [1.807, 2.05) is 116 Å². The minimum Gasteiger partial charge on any atom is -0.309 e. The van der Waals surface area contributed by atoms with Gasteiger partial charge in [-0.05, 0) is 55.4 Å². The Bertz CT molecular complexity index is 855. The van der Waals surface area contributed by atoms with Crippen LogP contribution in [0.4, 0.5) is 0 Å². The second-order valence-corrected chi connectivity index (χ2v) is 12.3. The molecule has 0 aliphatic carbocycles. The maximum Gasteiger partial charge on any atom is 0.334 e. The standard InChI is InChI=1S/C28H46O6P2/c1-9-31-35(29,32-10-2)23-27(7)21-15-19-25(5)17-13-14-18-26(6)20-16-22-28(8)24-36(30,33-11-3)34-12-4/h13-22H,9-12,23-24H2,1-8H3. The number of hydrogen-bond acceptors (Lipinski definition) is 6. The molecule has 0 aromatic carbocycles. The lowest BCUT2D eigenvalue weighted by molar-refractivity contribution is 0.221. The molecular formula is C28H46O6P2. The molecule has 0 rings (SSSR count). The largest absolute Gasteiger partial charge is 0.334 e. The first-order chi connectivity index (χ1) is 17.0. The van der Waals surface area contributed by atoms with Crippen LogP contribution < -0.4 is 0 Å². The third kappa shape index (κ3) is 17.0. The topological polar surface area (TPSA) is 71.1 Å². The number of hydrogen-bond donors (Lipinski definition) is 0. The van der Waals surface area contributed by atoms with E-state index in [1.165, 1.54) is 0 Å².